The summed E-state index contributed by atoms with van der Waals surface area (Å²) in [6.07, 6.45) is 0.995. The van der Waals surface area contributed by atoms with Gasteiger partial charge >= 0.3 is 0 Å². The van der Waals surface area contributed by atoms with E-state index in [0.29, 0.717) is 13.2 Å². The maximum Gasteiger partial charge on any atom is 0.0700 e. The van der Waals surface area contributed by atoms with Crippen molar-refractivity contribution in [3.63, 3.8) is 0 Å². The molecule has 0 spiro atoms. The third-order valence-corrected chi connectivity index (χ3v) is 3.25. The van der Waals surface area contributed by atoms with E-state index >= 15 is 0 Å². The van der Waals surface area contributed by atoms with E-state index in [-0.39, 0.29) is 0 Å². The Morgan fingerprint density at radius 2 is 2.06 bits per heavy atom. The molecule has 0 aliphatic carbocycles. The van der Waals surface area contributed by atoms with Gasteiger partial charge in [0.1, 0.15) is 0 Å². The average molecular weight is 302 g/mol. The second-order valence-electron chi connectivity index (χ2n) is 3.85. The van der Waals surface area contributed by atoms with Gasteiger partial charge in [-0.3, -0.25) is 0 Å². The molecule has 0 aliphatic rings. The molecule has 1 N–H and O–H groups in total. The van der Waals surface area contributed by atoms with Crippen molar-refractivity contribution in [2.75, 3.05) is 38.8 Å². The van der Waals surface area contributed by atoms with E-state index in [1.807, 2.05) is 0 Å². The van der Waals surface area contributed by atoms with Gasteiger partial charge in [-0.1, -0.05) is 22.0 Å². The molecule has 0 amide bonds. The lowest BCUT2D eigenvalue weighted by Gasteiger charge is -2.08. The highest BCUT2D eigenvalue weighted by atomic mass is 79.9. The van der Waals surface area contributed by atoms with Gasteiger partial charge in [-0.25, -0.2) is 0 Å². The van der Waals surface area contributed by atoms with E-state index in [2.05, 4.69) is 46.4 Å². The zero-order chi connectivity index (χ0) is 12.5. The average Bonchev–Trinajstić information content (AvgIpc) is 2.32. The fourth-order valence-electron chi connectivity index (χ4n) is 1.35. The molecule has 1 aromatic rings. The number of hydrogen-bond donors (Lipinski definition) is 1. The number of hydrogen-bond acceptors (Lipinski definition) is 3. The summed E-state index contributed by atoms with van der Waals surface area (Å²) in [5, 5.41) is 3.36. The van der Waals surface area contributed by atoms with Crippen molar-refractivity contribution in [2.24, 2.45) is 0 Å². The number of aryl methyl sites for hydroxylation is 1. The molecular formula is C13H20BrNO2. The Morgan fingerprint density at radius 3 is 2.76 bits per heavy atom. The molecule has 4 heteroatoms. The Balaban J connectivity index is 2.11. The summed E-state index contributed by atoms with van der Waals surface area (Å²) in [5.74, 6) is 0. The van der Waals surface area contributed by atoms with Crippen LogP contribution in [0.15, 0.2) is 22.7 Å². The molecule has 1 rings (SSSR count). The maximum absolute atomic E-state index is 5.38. The van der Waals surface area contributed by atoms with Crippen LogP contribution in [0.25, 0.3) is 0 Å². The zero-order valence-corrected chi connectivity index (χ0v) is 12.0. The maximum atomic E-state index is 5.38. The normalized spacial score (nSPS) is 10.5. The highest BCUT2D eigenvalue weighted by molar-refractivity contribution is 9.10. The number of methoxy groups -OCH3 is 1. The van der Waals surface area contributed by atoms with Gasteiger partial charge in [-0.2, -0.15) is 0 Å². The zero-order valence-electron chi connectivity index (χ0n) is 10.5. The first-order valence-corrected chi connectivity index (χ1v) is 6.60. The molecule has 0 saturated carbocycles. The van der Waals surface area contributed by atoms with Crippen LogP contribution in [-0.2, 0) is 9.47 Å². The Bertz CT molecular complexity index is 331. The summed E-state index contributed by atoms with van der Waals surface area (Å²) in [6, 6.07) is 6.29. The summed E-state index contributed by atoms with van der Waals surface area (Å²) in [7, 11) is 1.68. The van der Waals surface area contributed by atoms with Gasteiger partial charge < -0.3 is 14.8 Å². The summed E-state index contributed by atoms with van der Waals surface area (Å²) in [5.41, 5.74) is 2.39. The summed E-state index contributed by atoms with van der Waals surface area (Å²) >= 11 is 3.52. The lowest BCUT2D eigenvalue weighted by Crippen LogP contribution is -2.08. The van der Waals surface area contributed by atoms with Gasteiger partial charge in [-0.15, -0.1) is 0 Å². The third-order valence-electron chi connectivity index (χ3n) is 2.40. The Morgan fingerprint density at radius 1 is 1.24 bits per heavy atom. The Labute approximate surface area is 112 Å². The van der Waals surface area contributed by atoms with Crippen LogP contribution in [0, 0.1) is 6.92 Å². The minimum Gasteiger partial charge on any atom is -0.385 e. The predicted octanol–water partition coefficient (Wildman–Crippen LogP) is 3.22. The van der Waals surface area contributed by atoms with Gasteiger partial charge in [0.25, 0.3) is 0 Å². The van der Waals surface area contributed by atoms with Gasteiger partial charge in [0.05, 0.1) is 13.2 Å². The van der Waals surface area contributed by atoms with Crippen LogP contribution in [0.4, 0.5) is 5.69 Å². The SMILES string of the molecule is COCCOCCCNc1ccc(C)c(Br)c1. The van der Waals surface area contributed by atoms with Crippen molar-refractivity contribution in [3.05, 3.63) is 28.2 Å². The highest BCUT2D eigenvalue weighted by Gasteiger charge is 1.96. The number of anilines is 1. The third kappa shape index (κ3) is 6.05. The molecule has 0 fully saturated rings. The van der Waals surface area contributed by atoms with Crippen LogP contribution < -0.4 is 5.32 Å². The predicted molar refractivity (Wildman–Crippen MR) is 74.7 cm³/mol. The molecular weight excluding hydrogens is 282 g/mol. The second-order valence-corrected chi connectivity index (χ2v) is 4.70. The highest BCUT2D eigenvalue weighted by Crippen LogP contribution is 2.20. The standard InChI is InChI=1S/C13H20BrNO2/c1-11-4-5-12(10-13(11)14)15-6-3-7-17-9-8-16-2/h4-5,10,15H,3,6-9H2,1-2H3. The van der Waals surface area contributed by atoms with E-state index in [1.165, 1.54) is 5.56 Å². The first kappa shape index (κ1) is 14.5. The number of nitrogens with one attached hydrogen (secondary N) is 1. The van der Waals surface area contributed by atoms with Crippen LogP contribution in [0.3, 0.4) is 0 Å². The molecule has 0 unspecified atom stereocenters. The molecule has 0 radical (unpaired) electrons. The molecule has 0 aromatic heterocycles. The molecule has 1 aromatic carbocycles. The largest absolute Gasteiger partial charge is 0.385 e. The summed E-state index contributed by atoms with van der Waals surface area (Å²) in [6.45, 7) is 5.11. The van der Waals surface area contributed by atoms with E-state index in [9.17, 15) is 0 Å². The molecule has 3 nitrogen and oxygen atoms in total. The quantitative estimate of drug-likeness (QED) is 0.748. The number of halogens is 1. The van der Waals surface area contributed by atoms with E-state index in [4.69, 9.17) is 9.47 Å². The van der Waals surface area contributed by atoms with Crippen LogP contribution >= 0.6 is 15.9 Å². The minimum atomic E-state index is 0.665. The lowest BCUT2D eigenvalue weighted by molar-refractivity contribution is 0.0705. The first-order valence-electron chi connectivity index (χ1n) is 5.80. The van der Waals surface area contributed by atoms with Gasteiger partial charge in [-0.05, 0) is 31.0 Å². The van der Waals surface area contributed by atoms with E-state index < -0.39 is 0 Å². The fraction of sp³-hybridized carbons (Fsp3) is 0.538. The van der Waals surface area contributed by atoms with Crippen molar-refractivity contribution in [1.29, 1.82) is 0 Å². The molecule has 0 saturated heterocycles. The number of ether oxygens (including phenoxy) is 2. The topological polar surface area (TPSA) is 30.5 Å². The van der Waals surface area contributed by atoms with Crippen LogP contribution in [0.1, 0.15) is 12.0 Å². The van der Waals surface area contributed by atoms with E-state index in [1.54, 1.807) is 7.11 Å². The molecule has 0 heterocycles. The first-order chi connectivity index (χ1) is 8.24. The monoisotopic (exact) mass is 301 g/mol. The van der Waals surface area contributed by atoms with Crippen molar-refractivity contribution in [3.8, 4) is 0 Å². The van der Waals surface area contributed by atoms with Gasteiger partial charge in [0.2, 0.25) is 0 Å². The van der Waals surface area contributed by atoms with Crippen molar-refractivity contribution in [2.45, 2.75) is 13.3 Å². The molecule has 0 atom stereocenters. The van der Waals surface area contributed by atoms with Crippen molar-refractivity contribution >= 4 is 21.6 Å². The van der Waals surface area contributed by atoms with Crippen LogP contribution in [0.5, 0.6) is 0 Å². The molecule has 17 heavy (non-hydrogen) atoms. The lowest BCUT2D eigenvalue weighted by atomic mass is 10.2. The minimum absolute atomic E-state index is 0.665. The Hall–Kier alpha value is -0.580. The molecule has 96 valence electrons. The Kier molecular flexibility index (Phi) is 7.24. The number of rotatable bonds is 8. The summed E-state index contributed by atoms with van der Waals surface area (Å²) < 4.78 is 11.4. The fourth-order valence-corrected chi connectivity index (χ4v) is 1.73. The van der Waals surface area contributed by atoms with Gasteiger partial charge in [0, 0.05) is 30.4 Å². The molecule has 0 bridgehead atoms. The number of benzene rings is 1. The smallest absolute Gasteiger partial charge is 0.0700 e. The van der Waals surface area contributed by atoms with Crippen LogP contribution in [0.2, 0.25) is 0 Å². The second kappa shape index (κ2) is 8.50. The molecule has 0 aliphatic heterocycles. The van der Waals surface area contributed by atoms with Crippen LogP contribution in [-0.4, -0.2) is 33.5 Å². The van der Waals surface area contributed by atoms with Gasteiger partial charge in [0.15, 0.2) is 0 Å². The van der Waals surface area contributed by atoms with E-state index in [0.717, 1.165) is 29.7 Å². The summed E-state index contributed by atoms with van der Waals surface area (Å²) in [4.78, 5) is 0. The van der Waals surface area contributed by atoms with Crippen molar-refractivity contribution in [1.82, 2.24) is 0 Å². The van der Waals surface area contributed by atoms with Crippen molar-refractivity contribution < 1.29 is 9.47 Å².